The van der Waals surface area contributed by atoms with E-state index >= 15 is 0 Å². The first kappa shape index (κ1) is 21.2. The summed E-state index contributed by atoms with van der Waals surface area (Å²) in [7, 11) is 0. The second kappa shape index (κ2) is 8.86. The number of Topliss-reactive ketones (excluding diaryl/α,β-unsaturated/α-hetero) is 2. The molecular formula is C23H18N2O4S. The average molecular weight is 418 g/mol. The number of pyridine rings is 1. The third kappa shape index (κ3) is 4.37. The molecule has 1 heterocycles. The van der Waals surface area contributed by atoms with Gasteiger partial charge in [-0.15, -0.1) is 0 Å². The van der Waals surface area contributed by atoms with Gasteiger partial charge in [-0.1, -0.05) is 43.8 Å². The van der Waals surface area contributed by atoms with Crippen molar-refractivity contribution in [3.8, 4) is 6.07 Å². The van der Waals surface area contributed by atoms with Gasteiger partial charge in [-0.05, 0) is 30.2 Å². The van der Waals surface area contributed by atoms with Crippen LogP contribution in [0.5, 0.6) is 0 Å². The van der Waals surface area contributed by atoms with Crippen LogP contribution >= 0.6 is 11.8 Å². The number of hydrogen-bond donors (Lipinski definition) is 2. The van der Waals surface area contributed by atoms with Gasteiger partial charge in [0.1, 0.15) is 11.8 Å². The Kier molecular flexibility index (Phi) is 6.25. The van der Waals surface area contributed by atoms with E-state index in [1.54, 1.807) is 6.08 Å². The van der Waals surface area contributed by atoms with E-state index in [0.29, 0.717) is 0 Å². The molecule has 2 aromatic rings. The maximum Gasteiger partial charge on any atom is 0.259 e. The molecule has 0 saturated carbocycles. The first-order valence-electron chi connectivity index (χ1n) is 9.26. The Bertz CT molecular complexity index is 1180. The zero-order valence-electron chi connectivity index (χ0n) is 16.3. The molecule has 6 nitrogen and oxygen atoms in total. The number of nitriles is 1. The number of aliphatic hydroxyl groups is 1. The molecule has 0 spiro atoms. The lowest BCUT2D eigenvalue weighted by atomic mass is 9.89. The van der Waals surface area contributed by atoms with Crippen LogP contribution in [-0.2, 0) is 22.4 Å². The molecule has 1 aromatic heterocycles. The largest absolute Gasteiger partial charge is 0.508 e. The fourth-order valence-electron chi connectivity index (χ4n) is 3.09. The number of rotatable bonds is 7. The number of carbonyl (C=O) groups excluding carboxylic acids is 2. The molecule has 7 heteroatoms. The summed E-state index contributed by atoms with van der Waals surface area (Å²) in [6, 6.07) is 11.1. The van der Waals surface area contributed by atoms with Crippen molar-refractivity contribution >= 4 is 35.2 Å². The van der Waals surface area contributed by atoms with Crippen molar-refractivity contribution in [2.45, 2.75) is 31.2 Å². The Labute approximate surface area is 177 Å². The van der Waals surface area contributed by atoms with E-state index in [1.807, 2.05) is 12.1 Å². The van der Waals surface area contributed by atoms with Crippen LogP contribution in [0, 0.1) is 23.5 Å². The highest BCUT2D eigenvalue weighted by atomic mass is 32.2. The number of nitrogens with one attached hydrogen (secondary N) is 1. The number of hydrogen-bond acceptors (Lipinski definition) is 6. The van der Waals surface area contributed by atoms with Gasteiger partial charge in [0.05, 0.1) is 27.5 Å². The fourth-order valence-corrected chi connectivity index (χ4v) is 3.94. The number of carbonyl (C=O) groups is 2. The van der Waals surface area contributed by atoms with Gasteiger partial charge in [-0.25, -0.2) is 0 Å². The van der Waals surface area contributed by atoms with Gasteiger partial charge in [-0.3, -0.25) is 14.4 Å². The van der Waals surface area contributed by atoms with Crippen LogP contribution in [0.15, 0.2) is 34.1 Å². The van der Waals surface area contributed by atoms with E-state index in [0.717, 1.165) is 41.3 Å². The zero-order valence-corrected chi connectivity index (χ0v) is 17.1. The summed E-state index contributed by atoms with van der Waals surface area (Å²) in [5.41, 5.74) is 1.96. The number of aromatic nitrogens is 1. The van der Waals surface area contributed by atoms with Crippen LogP contribution in [-0.4, -0.2) is 27.4 Å². The predicted molar refractivity (Wildman–Crippen MR) is 114 cm³/mol. The molecule has 30 heavy (non-hydrogen) atoms. The highest BCUT2D eigenvalue weighted by molar-refractivity contribution is 8.00. The molecular weight excluding hydrogens is 400 g/mol. The van der Waals surface area contributed by atoms with Gasteiger partial charge >= 0.3 is 0 Å². The second-order valence-corrected chi connectivity index (χ2v) is 7.77. The van der Waals surface area contributed by atoms with E-state index in [-0.39, 0.29) is 45.5 Å². The van der Waals surface area contributed by atoms with Crippen LogP contribution in [0.1, 0.15) is 41.2 Å². The van der Waals surface area contributed by atoms with Gasteiger partial charge in [-0.2, -0.15) is 5.26 Å². The van der Waals surface area contributed by atoms with E-state index < -0.39 is 11.3 Å². The van der Waals surface area contributed by atoms with E-state index in [9.17, 15) is 24.8 Å². The van der Waals surface area contributed by atoms with Crippen LogP contribution < -0.4 is 5.56 Å². The third-order valence-electron chi connectivity index (χ3n) is 4.59. The smallest absolute Gasteiger partial charge is 0.259 e. The summed E-state index contributed by atoms with van der Waals surface area (Å²) in [6.45, 7) is 5.34. The molecule has 2 N–H and O–H groups in total. The number of fused-ring (bicyclic) bond motifs is 1. The maximum absolute atomic E-state index is 12.7. The number of aliphatic hydroxyl groups excluding tert-OH is 1. The molecule has 0 aliphatic heterocycles. The summed E-state index contributed by atoms with van der Waals surface area (Å²) in [6.07, 6.45) is 3.47. The lowest BCUT2D eigenvalue weighted by molar-refractivity contribution is -0.119. The molecule has 3 rings (SSSR count). The molecule has 0 saturated heterocycles. The summed E-state index contributed by atoms with van der Waals surface area (Å²) < 4.78 is 0. The minimum atomic E-state index is -0.617. The lowest BCUT2D eigenvalue weighted by Gasteiger charge is -2.14. The van der Waals surface area contributed by atoms with Crippen LogP contribution in [0.2, 0.25) is 0 Å². The molecule has 0 unspecified atom stereocenters. The predicted octanol–water partition coefficient (Wildman–Crippen LogP) is 3.20. The second-order valence-electron chi connectivity index (χ2n) is 6.79. The molecule has 1 aliphatic carbocycles. The minimum Gasteiger partial charge on any atom is -0.508 e. The number of ketones is 2. The maximum atomic E-state index is 12.7. The minimum absolute atomic E-state index is 0.0913. The Morgan fingerprint density at radius 3 is 2.80 bits per heavy atom. The number of nitrogens with zero attached hydrogens (tertiary/aromatic N) is 1. The van der Waals surface area contributed by atoms with E-state index in [1.165, 1.54) is 6.07 Å². The number of aromatic amines is 1. The highest BCUT2D eigenvalue weighted by Gasteiger charge is 2.24. The first-order valence-corrected chi connectivity index (χ1v) is 10.2. The van der Waals surface area contributed by atoms with Crippen molar-refractivity contribution in [2.24, 2.45) is 0 Å². The van der Waals surface area contributed by atoms with Gasteiger partial charge in [0.25, 0.3) is 5.56 Å². The molecule has 150 valence electrons. The number of H-pyrrole nitrogens is 1. The molecule has 1 aliphatic rings. The monoisotopic (exact) mass is 418 g/mol. The summed E-state index contributed by atoms with van der Waals surface area (Å²) in [4.78, 5) is 39.6. The molecule has 0 fully saturated rings. The van der Waals surface area contributed by atoms with Crippen molar-refractivity contribution in [2.75, 3.05) is 5.75 Å². The first-order chi connectivity index (χ1) is 14.3. The van der Waals surface area contributed by atoms with Crippen molar-refractivity contribution < 1.29 is 14.7 Å². The van der Waals surface area contributed by atoms with Crippen molar-refractivity contribution in [1.29, 1.82) is 5.26 Å². The topological polar surface area (TPSA) is 111 Å². The van der Waals surface area contributed by atoms with Crippen molar-refractivity contribution in [3.05, 3.63) is 74.6 Å². The standard InChI is InChI=1S/C23H18N2O4S/c1-3-4-14-5-6-15-10-20(27)19(8-16(15)7-14)21(28)12-30-23-17(11-24)9-18(13(2)26)22(29)25-23/h7-9,26H,2-4,10,12H2,1H3,(H,25,29). The zero-order chi connectivity index (χ0) is 21.8. The molecule has 0 amide bonds. The number of thioether (sulfide) groups is 1. The van der Waals surface area contributed by atoms with Crippen LogP contribution in [0.25, 0.3) is 11.8 Å². The molecule has 0 bridgehead atoms. The molecule has 1 aromatic carbocycles. The van der Waals surface area contributed by atoms with Crippen molar-refractivity contribution in [1.82, 2.24) is 4.98 Å². The van der Waals surface area contributed by atoms with Gasteiger partial charge in [0.2, 0.25) is 0 Å². The fraction of sp³-hybridized carbons (Fsp3) is 0.217. The SMILES string of the molecule is C=C(O)c1cc(C#N)c(SCC(=O)C2=Cc3cc(CCC)c#cc3CC2=O)[nH]c1=O. The lowest BCUT2D eigenvalue weighted by Crippen LogP contribution is -2.21. The van der Waals surface area contributed by atoms with Crippen molar-refractivity contribution in [3.63, 3.8) is 0 Å². The summed E-state index contributed by atoms with van der Waals surface area (Å²) in [5, 5.41) is 18.9. The average Bonchev–Trinajstić information content (AvgIpc) is 2.71. The highest BCUT2D eigenvalue weighted by Crippen LogP contribution is 2.25. The van der Waals surface area contributed by atoms with Gasteiger partial charge in [0, 0.05) is 17.5 Å². The quantitative estimate of drug-likeness (QED) is 0.406. The Hall–Kier alpha value is -3.55. The normalized spacial score (nSPS) is 12.4. The van der Waals surface area contributed by atoms with Crippen LogP contribution in [0.4, 0.5) is 0 Å². The third-order valence-corrected chi connectivity index (χ3v) is 5.61. The molecule has 0 atom stereocenters. The van der Waals surface area contributed by atoms with E-state index in [4.69, 9.17) is 0 Å². The summed E-state index contributed by atoms with van der Waals surface area (Å²) in [5.74, 6) is -1.25. The summed E-state index contributed by atoms with van der Waals surface area (Å²) >= 11 is 0.957. The Morgan fingerprint density at radius 1 is 1.37 bits per heavy atom. The Morgan fingerprint density at radius 2 is 2.13 bits per heavy atom. The van der Waals surface area contributed by atoms with Gasteiger partial charge in [0.15, 0.2) is 11.6 Å². The van der Waals surface area contributed by atoms with Gasteiger partial charge < -0.3 is 10.1 Å². The number of allylic oxidation sites excluding steroid dienone is 1. The Balaban J connectivity index is 1.83. The van der Waals surface area contributed by atoms with Crippen LogP contribution in [0.3, 0.4) is 0 Å². The number of aryl methyl sites for hydroxylation is 1. The van der Waals surface area contributed by atoms with E-state index in [2.05, 4.69) is 30.6 Å². The molecule has 0 radical (unpaired) electrons.